The summed E-state index contributed by atoms with van der Waals surface area (Å²) < 4.78 is 5.15. The van der Waals surface area contributed by atoms with Crippen LogP contribution in [-0.4, -0.2) is 29.6 Å². The smallest absolute Gasteiger partial charge is 0.340 e. The van der Waals surface area contributed by atoms with Gasteiger partial charge < -0.3 is 9.72 Å². The van der Waals surface area contributed by atoms with E-state index in [1.165, 1.54) is 11.8 Å². The lowest BCUT2D eigenvalue weighted by Crippen LogP contribution is -2.14. The van der Waals surface area contributed by atoms with Gasteiger partial charge in [0, 0.05) is 27.6 Å². The van der Waals surface area contributed by atoms with Gasteiger partial charge in [-0.1, -0.05) is 29.8 Å². The van der Waals surface area contributed by atoms with Crippen LogP contribution in [0.15, 0.2) is 53.6 Å². The van der Waals surface area contributed by atoms with Gasteiger partial charge in [-0.25, -0.2) is 4.79 Å². The minimum Gasteiger partial charge on any atom is -0.454 e. The fourth-order valence-corrected chi connectivity index (χ4v) is 3.01. The van der Waals surface area contributed by atoms with Crippen LogP contribution in [0.4, 0.5) is 0 Å². The number of nitrogens with one attached hydrogen (secondary N) is 1. The van der Waals surface area contributed by atoms with Crippen molar-refractivity contribution in [3.05, 3.63) is 64.8 Å². The van der Waals surface area contributed by atoms with Gasteiger partial charge in [0.25, 0.3) is 0 Å². The first-order valence-corrected chi connectivity index (χ1v) is 8.80. The van der Waals surface area contributed by atoms with Crippen molar-refractivity contribution < 1.29 is 14.3 Å². The molecule has 1 N–H and O–H groups in total. The number of Topliss-reactive ketones (excluding diaryl/α,β-unsaturated/α-hetero) is 1. The Morgan fingerprint density at radius 1 is 1.17 bits per heavy atom. The molecule has 0 unspecified atom stereocenters. The first-order valence-electron chi connectivity index (χ1n) is 7.20. The molecule has 0 saturated carbocycles. The number of hydrogen-bond donors (Lipinski definition) is 1. The molecule has 0 fully saturated rings. The Bertz CT molecular complexity index is 920. The number of esters is 1. The van der Waals surface area contributed by atoms with Crippen LogP contribution in [0.25, 0.3) is 10.9 Å². The molecule has 0 spiro atoms. The van der Waals surface area contributed by atoms with E-state index in [2.05, 4.69) is 4.98 Å². The number of H-pyrrole nitrogens is 1. The Morgan fingerprint density at radius 3 is 2.75 bits per heavy atom. The summed E-state index contributed by atoms with van der Waals surface area (Å²) in [5, 5.41) is 1.11. The largest absolute Gasteiger partial charge is 0.454 e. The summed E-state index contributed by atoms with van der Waals surface area (Å²) in [6.45, 7) is -0.333. The number of hydrogen-bond acceptors (Lipinski definition) is 4. The van der Waals surface area contributed by atoms with Gasteiger partial charge in [-0.2, -0.15) is 0 Å². The number of benzene rings is 2. The number of aromatic nitrogens is 1. The number of aromatic amines is 1. The Labute approximate surface area is 148 Å². The van der Waals surface area contributed by atoms with Gasteiger partial charge in [0.2, 0.25) is 5.78 Å². The molecule has 0 atom stereocenters. The molecule has 1 heterocycles. The number of thioether (sulfide) groups is 1. The maximum absolute atomic E-state index is 12.3. The lowest BCUT2D eigenvalue weighted by Gasteiger charge is -2.07. The molecule has 4 nitrogen and oxygen atoms in total. The summed E-state index contributed by atoms with van der Waals surface area (Å²) in [5.41, 5.74) is 1.63. The summed E-state index contributed by atoms with van der Waals surface area (Å²) in [6, 6.07) is 12.6. The minimum atomic E-state index is -0.607. The van der Waals surface area contributed by atoms with Crippen molar-refractivity contribution >= 4 is 46.0 Å². The van der Waals surface area contributed by atoms with E-state index < -0.39 is 5.97 Å². The number of rotatable bonds is 5. The van der Waals surface area contributed by atoms with E-state index in [1.807, 2.05) is 36.6 Å². The number of para-hydroxylation sites is 1. The van der Waals surface area contributed by atoms with E-state index in [4.69, 9.17) is 16.3 Å². The quantitative estimate of drug-likeness (QED) is 0.411. The highest BCUT2D eigenvalue weighted by atomic mass is 35.5. The standard InChI is InChI=1S/C18H14ClNO3S/c1-24-11-6-7-15(19)13(8-11)18(22)23-10-17(21)14-9-20-16-5-3-2-4-12(14)16/h2-9,20H,10H2,1H3. The van der Waals surface area contributed by atoms with Crippen LogP contribution in [0.5, 0.6) is 0 Å². The van der Waals surface area contributed by atoms with E-state index in [0.29, 0.717) is 10.6 Å². The first kappa shape index (κ1) is 16.6. The highest BCUT2D eigenvalue weighted by Gasteiger charge is 2.17. The summed E-state index contributed by atoms with van der Waals surface area (Å²) in [6.07, 6.45) is 3.53. The molecule has 2 aromatic carbocycles. The third-order valence-corrected chi connectivity index (χ3v) is 4.67. The average molecular weight is 360 g/mol. The van der Waals surface area contributed by atoms with Crippen LogP contribution in [-0.2, 0) is 4.74 Å². The summed E-state index contributed by atoms with van der Waals surface area (Å²) in [5.74, 6) is -0.873. The zero-order chi connectivity index (χ0) is 17.1. The fraction of sp³-hybridized carbons (Fsp3) is 0.111. The van der Waals surface area contributed by atoms with Crippen LogP contribution < -0.4 is 0 Å². The van der Waals surface area contributed by atoms with Gasteiger partial charge in [0.05, 0.1) is 10.6 Å². The SMILES string of the molecule is CSc1ccc(Cl)c(C(=O)OCC(=O)c2c[nH]c3ccccc23)c1. The number of halogens is 1. The molecule has 0 bridgehead atoms. The molecule has 24 heavy (non-hydrogen) atoms. The molecule has 3 rings (SSSR count). The van der Waals surface area contributed by atoms with Crippen LogP contribution >= 0.6 is 23.4 Å². The van der Waals surface area contributed by atoms with Crippen molar-refractivity contribution in [3.8, 4) is 0 Å². The molecule has 0 aliphatic heterocycles. The predicted octanol–water partition coefficient (Wildman–Crippen LogP) is 4.58. The van der Waals surface area contributed by atoms with Crippen molar-refractivity contribution in [1.29, 1.82) is 0 Å². The second-order valence-electron chi connectivity index (χ2n) is 5.09. The fourth-order valence-electron chi connectivity index (χ4n) is 2.38. The number of carbonyl (C=O) groups excluding carboxylic acids is 2. The summed E-state index contributed by atoms with van der Waals surface area (Å²) >= 11 is 7.54. The number of carbonyl (C=O) groups is 2. The molecule has 1 aromatic heterocycles. The molecule has 0 aliphatic carbocycles. The Balaban J connectivity index is 1.73. The van der Waals surface area contributed by atoms with Crippen molar-refractivity contribution in [2.75, 3.05) is 12.9 Å². The molecule has 6 heteroatoms. The molecule has 3 aromatic rings. The minimum absolute atomic E-state index is 0.259. The van der Waals surface area contributed by atoms with Gasteiger partial charge in [-0.05, 0) is 30.5 Å². The van der Waals surface area contributed by atoms with Crippen molar-refractivity contribution in [3.63, 3.8) is 0 Å². The molecular weight excluding hydrogens is 346 g/mol. The number of ketones is 1. The molecule has 0 saturated heterocycles. The number of ether oxygens (including phenoxy) is 1. The van der Waals surface area contributed by atoms with Gasteiger partial charge in [0.15, 0.2) is 6.61 Å². The maximum Gasteiger partial charge on any atom is 0.340 e. The van der Waals surface area contributed by atoms with Gasteiger partial charge >= 0.3 is 5.97 Å². The molecule has 122 valence electrons. The Kier molecular flexibility index (Phi) is 4.92. The topological polar surface area (TPSA) is 59.2 Å². The zero-order valence-electron chi connectivity index (χ0n) is 12.8. The normalized spacial score (nSPS) is 10.8. The predicted molar refractivity (Wildman–Crippen MR) is 96.1 cm³/mol. The number of fused-ring (bicyclic) bond motifs is 1. The third-order valence-electron chi connectivity index (χ3n) is 3.62. The molecule has 0 radical (unpaired) electrons. The van der Waals surface area contributed by atoms with Gasteiger partial charge in [-0.15, -0.1) is 11.8 Å². The molecule has 0 amide bonds. The highest BCUT2D eigenvalue weighted by Crippen LogP contribution is 2.24. The second-order valence-corrected chi connectivity index (χ2v) is 6.38. The highest BCUT2D eigenvalue weighted by molar-refractivity contribution is 7.98. The second kappa shape index (κ2) is 7.11. The van der Waals surface area contributed by atoms with Crippen LogP contribution in [0.3, 0.4) is 0 Å². The van der Waals surface area contributed by atoms with Crippen LogP contribution in [0, 0.1) is 0 Å². The lowest BCUT2D eigenvalue weighted by atomic mass is 10.1. The maximum atomic E-state index is 12.3. The van der Waals surface area contributed by atoms with Crippen LogP contribution in [0.2, 0.25) is 5.02 Å². The van der Waals surface area contributed by atoms with E-state index in [-0.39, 0.29) is 18.0 Å². The van der Waals surface area contributed by atoms with Crippen molar-refractivity contribution in [1.82, 2.24) is 4.98 Å². The Morgan fingerprint density at radius 2 is 1.96 bits per heavy atom. The van der Waals surface area contributed by atoms with E-state index in [0.717, 1.165) is 15.8 Å². The summed E-state index contributed by atoms with van der Waals surface area (Å²) in [4.78, 5) is 28.4. The zero-order valence-corrected chi connectivity index (χ0v) is 14.4. The molecular formula is C18H14ClNO3S. The average Bonchev–Trinajstić information content (AvgIpc) is 3.04. The Hall–Kier alpha value is -2.24. The van der Waals surface area contributed by atoms with E-state index >= 15 is 0 Å². The van der Waals surface area contributed by atoms with Gasteiger partial charge in [0.1, 0.15) is 0 Å². The molecule has 0 aliphatic rings. The lowest BCUT2D eigenvalue weighted by molar-refractivity contribution is 0.0475. The van der Waals surface area contributed by atoms with Gasteiger partial charge in [-0.3, -0.25) is 4.79 Å². The van der Waals surface area contributed by atoms with Crippen molar-refractivity contribution in [2.45, 2.75) is 4.90 Å². The van der Waals surface area contributed by atoms with E-state index in [9.17, 15) is 9.59 Å². The third kappa shape index (κ3) is 3.32. The van der Waals surface area contributed by atoms with Crippen LogP contribution in [0.1, 0.15) is 20.7 Å². The first-order chi connectivity index (χ1) is 11.6. The van der Waals surface area contributed by atoms with Crippen molar-refractivity contribution in [2.24, 2.45) is 0 Å². The summed E-state index contributed by atoms with van der Waals surface area (Å²) in [7, 11) is 0. The monoisotopic (exact) mass is 359 g/mol. The van der Waals surface area contributed by atoms with E-state index in [1.54, 1.807) is 18.3 Å².